The molecule has 126 valence electrons. The predicted molar refractivity (Wildman–Crippen MR) is 98.0 cm³/mol. The second kappa shape index (κ2) is 9.65. The van der Waals surface area contributed by atoms with Crippen LogP contribution < -0.4 is 11.1 Å². The van der Waals surface area contributed by atoms with Crippen molar-refractivity contribution in [3.8, 4) is 0 Å². The molecule has 0 saturated carbocycles. The van der Waals surface area contributed by atoms with Crippen molar-refractivity contribution in [1.82, 2.24) is 10.3 Å². The summed E-state index contributed by atoms with van der Waals surface area (Å²) in [6, 6.07) is 10.1. The number of carbonyl (C=O) groups is 1. The number of amides is 1. The monoisotopic (exact) mass is 353 g/mol. The van der Waals surface area contributed by atoms with E-state index in [1.165, 1.54) is 11.3 Å². The normalized spacial score (nSPS) is 11.8. The molecule has 2 rings (SSSR count). The minimum Gasteiger partial charge on any atom is -0.344 e. The summed E-state index contributed by atoms with van der Waals surface area (Å²) in [6.07, 6.45) is 2.03. The molecular weight excluding hydrogens is 330 g/mol. The standard InChI is InChI=1S/C17H23N3OS.ClH/c1-3-12(4-2)16(13-8-6-5-7-9-13)20-17(21)14-11-22-15(10-18)19-14;/h5-9,11-12,16H,3-4,10,18H2,1-2H3,(H,20,21);1H. The highest BCUT2D eigenvalue weighted by Crippen LogP contribution is 2.27. The van der Waals surface area contributed by atoms with Gasteiger partial charge in [0.25, 0.3) is 5.91 Å². The summed E-state index contributed by atoms with van der Waals surface area (Å²) in [5.41, 5.74) is 7.16. The van der Waals surface area contributed by atoms with Gasteiger partial charge in [-0.15, -0.1) is 23.7 Å². The van der Waals surface area contributed by atoms with Crippen molar-refractivity contribution < 1.29 is 4.79 Å². The van der Waals surface area contributed by atoms with Gasteiger partial charge >= 0.3 is 0 Å². The van der Waals surface area contributed by atoms with Gasteiger partial charge in [0.1, 0.15) is 10.7 Å². The van der Waals surface area contributed by atoms with Gasteiger partial charge in [0, 0.05) is 11.9 Å². The van der Waals surface area contributed by atoms with Crippen molar-refractivity contribution in [3.05, 3.63) is 52.0 Å². The van der Waals surface area contributed by atoms with E-state index in [-0.39, 0.29) is 24.4 Å². The van der Waals surface area contributed by atoms with Crippen LogP contribution in [-0.2, 0) is 6.54 Å². The van der Waals surface area contributed by atoms with Gasteiger partial charge < -0.3 is 11.1 Å². The summed E-state index contributed by atoms with van der Waals surface area (Å²) in [4.78, 5) is 16.8. The van der Waals surface area contributed by atoms with Crippen molar-refractivity contribution in [3.63, 3.8) is 0 Å². The first-order valence-corrected chi connectivity index (χ1v) is 8.57. The van der Waals surface area contributed by atoms with Gasteiger partial charge in [0.05, 0.1) is 6.04 Å². The molecule has 0 aliphatic heterocycles. The van der Waals surface area contributed by atoms with Gasteiger partial charge in [-0.25, -0.2) is 4.98 Å². The lowest BCUT2D eigenvalue weighted by molar-refractivity contribution is 0.0915. The van der Waals surface area contributed by atoms with E-state index in [0.717, 1.165) is 23.4 Å². The van der Waals surface area contributed by atoms with Crippen molar-refractivity contribution >= 4 is 29.7 Å². The molecular formula is C17H24ClN3OS. The van der Waals surface area contributed by atoms with E-state index in [2.05, 4.69) is 36.3 Å². The Morgan fingerprint density at radius 1 is 1.26 bits per heavy atom. The molecule has 1 unspecified atom stereocenters. The highest BCUT2D eigenvalue weighted by Gasteiger charge is 2.23. The minimum atomic E-state index is -0.128. The average molecular weight is 354 g/mol. The number of nitrogens with one attached hydrogen (secondary N) is 1. The van der Waals surface area contributed by atoms with Gasteiger partial charge in [-0.05, 0) is 11.5 Å². The number of carbonyl (C=O) groups excluding carboxylic acids is 1. The van der Waals surface area contributed by atoms with Crippen molar-refractivity contribution in [2.45, 2.75) is 39.3 Å². The van der Waals surface area contributed by atoms with Crippen LogP contribution in [0.1, 0.15) is 53.8 Å². The highest BCUT2D eigenvalue weighted by molar-refractivity contribution is 7.09. The van der Waals surface area contributed by atoms with Crippen molar-refractivity contribution in [2.75, 3.05) is 0 Å². The Bertz CT molecular complexity index is 599. The molecule has 0 aliphatic carbocycles. The third kappa shape index (κ3) is 5.03. The molecule has 0 radical (unpaired) electrons. The smallest absolute Gasteiger partial charge is 0.271 e. The number of rotatable bonds is 7. The number of hydrogen-bond acceptors (Lipinski definition) is 4. The fourth-order valence-corrected chi connectivity index (χ4v) is 3.27. The summed E-state index contributed by atoms with van der Waals surface area (Å²) < 4.78 is 0. The van der Waals surface area contributed by atoms with E-state index >= 15 is 0 Å². The fourth-order valence-electron chi connectivity index (χ4n) is 2.62. The Hall–Kier alpha value is -1.43. The van der Waals surface area contributed by atoms with E-state index < -0.39 is 0 Å². The van der Waals surface area contributed by atoms with Crippen LogP contribution in [0.4, 0.5) is 0 Å². The zero-order valence-corrected chi connectivity index (χ0v) is 15.1. The predicted octanol–water partition coefficient (Wildman–Crippen LogP) is 3.93. The number of nitrogens with two attached hydrogens (primary N) is 1. The Kier molecular flexibility index (Phi) is 8.23. The first-order chi connectivity index (χ1) is 10.7. The second-order valence-corrected chi connectivity index (χ2v) is 6.21. The SMILES string of the molecule is CCC(CC)C(NC(=O)c1csc(CN)n1)c1ccccc1.Cl. The number of benzene rings is 1. The Morgan fingerprint density at radius 2 is 1.91 bits per heavy atom. The summed E-state index contributed by atoms with van der Waals surface area (Å²) in [5.74, 6) is 0.274. The molecule has 2 aromatic rings. The number of halogens is 1. The first-order valence-electron chi connectivity index (χ1n) is 7.69. The summed E-state index contributed by atoms with van der Waals surface area (Å²) in [7, 11) is 0. The van der Waals surface area contributed by atoms with E-state index in [0.29, 0.717) is 18.2 Å². The molecule has 4 nitrogen and oxygen atoms in total. The van der Waals surface area contributed by atoms with Crippen LogP contribution >= 0.6 is 23.7 Å². The molecule has 1 aromatic carbocycles. The van der Waals surface area contributed by atoms with Crippen LogP contribution in [0.25, 0.3) is 0 Å². The van der Waals surface area contributed by atoms with Crippen LogP contribution in [0.5, 0.6) is 0 Å². The second-order valence-electron chi connectivity index (χ2n) is 5.27. The summed E-state index contributed by atoms with van der Waals surface area (Å²) in [6.45, 7) is 4.68. The largest absolute Gasteiger partial charge is 0.344 e. The molecule has 23 heavy (non-hydrogen) atoms. The fraction of sp³-hybridized carbons (Fsp3) is 0.412. The van der Waals surface area contributed by atoms with E-state index in [1.807, 2.05) is 18.2 Å². The van der Waals surface area contributed by atoms with E-state index in [1.54, 1.807) is 5.38 Å². The third-order valence-corrected chi connectivity index (χ3v) is 4.80. The van der Waals surface area contributed by atoms with Gasteiger partial charge in [-0.2, -0.15) is 0 Å². The maximum atomic E-state index is 12.5. The molecule has 6 heteroatoms. The Morgan fingerprint density at radius 3 is 2.43 bits per heavy atom. The first kappa shape index (κ1) is 19.6. The van der Waals surface area contributed by atoms with Crippen molar-refractivity contribution in [2.24, 2.45) is 11.7 Å². The number of nitrogens with zero attached hydrogens (tertiary/aromatic N) is 1. The van der Waals surface area contributed by atoms with E-state index in [4.69, 9.17) is 5.73 Å². The van der Waals surface area contributed by atoms with E-state index in [9.17, 15) is 4.79 Å². The van der Waals surface area contributed by atoms with Gasteiger partial charge in [-0.1, -0.05) is 57.0 Å². The number of thiazole rings is 1. The number of hydrogen-bond donors (Lipinski definition) is 2. The molecule has 1 amide bonds. The van der Waals surface area contributed by atoms with Crippen LogP contribution in [0.15, 0.2) is 35.7 Å². The average Bonchev–Trinajstić information content (AvgIpc) is 3.05. The van der Waals surface area contributed by atoms with Crippen LogP contribution in [0.3, 0.4) is 0 Å². The van der Waals surface area contributed by atoms with Crippen LogP contribution in [-0.4, -0.2) is 10.9 Å². The highest BCUT2D eigenvalue weighted by atomic mass is 35.5. The molecule has 0 bridgehead atoms. The quantitative estimate of drug-likeness (QED) is 0.792. The summed E-state index contributed by atoms with van der Waals surface area (Å²) >= 11 is 1.42. The molecule has 1 heterocycles. The lowest BCUT2D eigenvalue weighted by Crippen LogP contribution is -2.33. The van der Waals surface area contributed by atoms with Gasteiger partial charge in [-0.3, -0.25) is 4.79 Å². The molecule has 0 fully saturated rings. The molecule has 3 N–H and O–H groups in total. The Labute approximate surface area is 147 Å². The van der Waals surface area contributed by atoms with Crippen LogP contribution in [0, 0.1) is 5.92 Å². The lowest BCUT2D eigenvalue weighted by atomic mass is 9.88. The Balaban J connectivity index is 0.00000264. The molecule has 1 atom stereocenters. The topological polar surface area (TPSA) is 68.0 Å². The minimum absolute atomic E-state index is 0. The number of aromatic nitrogens is 1. The summed E-state index contributed by atoms with van der Waals surface area (Å²) in [5, 5.41) is 5.71. The third-order valence-electron chi connectivity index (χ3n) is 3.92. The maximum Gasteiger partial charge on any atom is 0.271 e. The molecule has 0 aliphatic rings. The van der Waals surface area contributed by atoms with Gasteiger partial charge in [0.2, 0.25) is 0 Å². The maximum absolute atomic E-state index is 12.5. The lowest BCUT2D eigenvalue weighted by Gasteiger charge is -2.26. The molecule has 0 saturated heterocycles. The zero-order valence-electron chi connectivity index (χ0n) is 13.5. The van der Waals surface area contributed by atoms with Crippen LogP contribution in [0.2, 0.25) is 0 Å². The van der Waals surface area contributed by atoms with Crippen molar-refractivity contribution in [1.29, 1.82) is 0 Å². The molecule has 1 aromatic heterocycles. The zero-order chi connectivity index (χ0) is 15.9. The molecule has 0 spiro atoms. The van der Waals surface area contributed by atoms with Gasteiger partial charge in [0.15, 0.2) is 0 Å².